The highest BCUT2D eigenvalue weighted by molar-refractivity contribution is 5.90. The molecular weight excluding hydrogens is 644 g/mol. The lowest BCUT2D eigenvalue weighted by Crippen LogP contribution is -2.45. The minimum absolute atomic E-state index is 0. The van der Waals surface area contributed by atoms with Gasteiger partial charge in [0.25, 0.3) is 0 Å². The topological polar surface area (TPSA) is 106 Å². The zero-order valence-electron chi connectivity index (χ0n) is 27.2. The van der Waals surface area contributed by atoms with E-state index in [1.165, 1.54) is 0 Å². The number of aromatic nitrogens is 5. The van der Waals surface area contributed by atoms with Gasteiger partial charge in [-0.1, -0.05) is 109 Å². The number of nitrogens with one attached hydrogen (secondary N) is 1. The smallest absolute Gasteiger partial charge is 0.354 e. The van der Waals surface area contributed by atoms with Gasteiger partial charge < -0.3 is 5.11 Å². The molecule has 50 heavy (non-hydrogen) atoms. The van der Waals surface area contributed by atoms with E-state index in [4.69, 9.17) is 10.1 Å². The highest BCUT2D eigenvalue weighted by Gasteiger charge is 2.36. The summed E-state index contributed by atoms with van der Waals surface area (Å²) in [5, 5.41) is 20.2. The molecule has 8 rings (SSSR count). The molecule has 0 spiro atoms. The van der Waals surface area contributed by atoms with Crippen molar-refractivity contribution in [2.45, 2.75) is 31.3 Å². The fraction of sp³-hybridized carbons (Fsp3) is 0.146. The van der Waals surface area contributed by atoms with Crippen molar-refractivity contribution in [2.24, 2.45) is 0 Å². The predicted molar refractivity (Wildman–Crippen MR) is 197 cm³/mol. The van der Waals surface area contributed by atoms with Crippen LogP contribution in [0.5, 0.6) is 0 Å². The standard InChI is InChI=1S/C41H34N6O2.ClH/c48-40(49)38-34-22-21-29-26-43-39(30-25-28-13-10-11-20-35(28)42-27-30)45-36(29)37(34)46-47(38)24-12-23-44-41(31-14-4-1-5-15-31,32-16-6-2-7-17-32)33-18-8-3-9-19-33;/h1-11,13-20,25-27,44H,12,21-24H2,(H,48,49);1H. The SMILES string of the molecule is Cl.O=C(O)c1c2c(nn1CCCNC(c1ccccc1)(c1ccccc1)c1ccccc1)-c1nc(-c3cnc4ccccc4c3)ncc1CC2. The van der Waals surface area contributed by atoms with Crippen LogP contribution < -0.4 is 5.32 Å². The number of aromatic carboxylic acids is 1. The van der Waals surface area contributed by atoms with Crippen LogP contribution in [0, 0.1) is 0 Å². The van der Waals surface area contributed by atoms with Crippen molar-refractivity contribution in [3.8, 4) is 22.8 Å². The monoisotopic (exact) mass is 678 g/mol. The summed E-state index contributed by atoms with van der Waals surface area (Å²) in [5.74, 6) is -0.440. The van der Waals surface area contributed by atoms with Gasteiger partial charge in [0.05, 0.1) is 16.7 Å². The summed E-state index contributed by atoms with van der Waals surface area (Å²) in [7, 11) is 0. The number of para-hydroxylation sites is 1. The first-order valence-electron chi connectivity index (χ1n) is 16.6. The Kier molecular flexibility index (Phi) is 9.21. The Hall–Kier alpha value is -5.70. The van der Waals surface area contributed by atoms with Crippen molar-refractivity contribution >= 4 is 29.3 Å². The van der Waals surface area contributed by atoms with Crippen molar-refractivity contribution in [3.05, 3.63) is 167 Å². The third kappa shape index (κ3) is 5.93. The molecule has 0 radical (unpaired) electrons. The minimum Gasteiger partial charge on any atom is -0.477 e. The number of aryl methyl sites for hydroxylation is 2. The summed E-state index contributed by atoms with van der Waals surface area (Å²) in [6.45, 7) is 1.04. The van der Waals surface area contributed by atoms with E-state index in [1.807, 2.05) is 54.7 Å². The lowest BCUT2D eigenvalue weighted by atomic mass is 9.77. The Morgan fingerprint density at radius 1 is 0.760 bits per heavy atom. The van der Waals surface area contributed by atoms with E-state index < -0.39 is 11.5 Å². The highest BCUT2D eigenvalue weighted by atomic mass is 35.5. The number of fused-ring (bicyclic) bond motifs is 4. The highest BCUT2D eigenvalue weighted by Crippen LogP contribution is 2.37. The van der Waals surface area contributed by atoms with E-state index in [1.54, 1.807) is 10.9 Å². The first-order valence-corrected chi connectivity index (χ1v) is 16.6. The molecule has 0 atom stereocenters. The maximum atomic E-state index is 12.7. The van der Waals surface area contributed by atoms with Crippen LogP contribution in [0.15, 0.2) is 134 Å². The van der Waals surface area contributed by atoms with Gasteiger partial charge in [-0.15, -0.1) is 12.4 Å². The molecule has 0 saturated carbocycles. The van der Waals surface area contributed by atoms with Gasteiger partial charge in [-0.3, -0.25) is 15.0 Å². The zero-order chi connectivity index (χ0) is 33.2. The Bertz CT molecular complexity index is 2180. The molecule has 0 fully saturated rings. The van der Waals surface area contributed by atoms with Crippen LogP contribution in [0.2, 0.25) is 0 Å². The summed E-state index contributed by atoms with van der Waals surface area (Å²) in [6.07, 6.45) is 5.50. The summed E-state index contributed by atoms with van der Waals surface area (Å²) in [6, 6.07) is 41.3. The lowest BCUT2D eigenvalue weighted by molar-refractivity contribution is 0.0681. The van der Waals surface area contributed by atoms with Gasteiger partial charge in [-0.25, -0.2) is 14.8 Å². The van der Waals surface area contributed by atoms with E-state index in [0.29, 0.717) is 49.6 Å². The maximum Gasteiger partial charge on any atom is 0.354 e. The fourth-order valence-corrected chi connectivity index (χ4v) is 7.09. The number of hydrogen-bond donors (Lipinski definition) is 2. The van der Waals surface area contributed by atoms with E-state index >= 15 is 0 Å². The Balaban J connectivity index is 0.00000392. The molecule has 1 aliphatic rings. The quantitative estimate of drug-likeness (QED) is 0.113. The van der Waals surface area contributed by atoms with Crippen LogP contribution in [0.3, 0.4) is 0 Å². The molecule has 0 aliphatic heterocycles. The number of carbonyl (C=O) groups is 1. The molecule has 0 saturated heterocycles. The van der Waals surface area contributed by atoms with Gasteiger partial charge in [0, 0.05) is 35.5 Å². The number of benzene rings is 4. The largest absolute Gasteiger partial charge is 0.477 e. The van der Waals surface area contributed by atoms with Crippen molar-refractivity contribution in [1.82, 2.24) is 30.0 Å². The second-order valence-electron chi connectivity index (χ2n) is 12.3. The van der Waals surface area contributed by atoms with Gasteiger partial charge in [-0.2, -0.15) is 5.10 Å². The van der Waals surface area contributed by atoms with Crippen molar-refractivity contribution in [2.75, 3.05) is 6.54 Å². The first-order chi connectivity index (χ1) is 24.1. The molecule has 0 bridgehead atoms. The number of halogens is 1. The molecule has 0 amide bonds. The van der Waals surface area contributed by atoms with Crippen LogP contribution in [-0.2, 0) is 24.9 Å². The molecular formula is C41H35ClN6O2. The number of pyridine rings is 1. The number of rotatable bonds is 10. The molecule has 3 heterocycles. The summed E-state index contributed by atoms with van der Waals surface area (Å²) in [4.78, 5) is 26.9. The van der Waals surface area contributed by atoms with Crippen LogP contribution in [0.4, 0.5) is 0 Å². The summed E-state index contributed by atoms with van der Waals surface area (Å²) >= 11 is 0. The van der Waals surface area contributed by atoms with Gasteiger partial charge >= 0.3 is 5.97 Å². The van der Waals surface area contributed by atoms with Gasteiger partial charge in [0.1, 0.15) is 11.4 Å². The molecule has 2 N–H and O–H groups in total. The zero-order valence-corrected chi connectivity index (χ0v) is 28.1. The molecule has 1 aliphatic carbocycles. The first kappa shape index (κ1) is 32.8. The molecule has 248 valence electrons. The van der Waals surface area contributed by atoms with E-state index in [9.17, 15) is 9.90 Å². The minimum atomic E-state index is -0.981. The van der Waals surface area contributed by atoms with Gasteiger partial charge in [0.2, 0.25) is 0 Å². The maximum absolute atomic E-state index is 12.7. The van der Waals surface area contributed by atoms with E-state index in [-0.39, 0.29) is 18.1 Å². The lowest BCUT2D eigenvalue weighted by Gasteiger charge is -2.37. The average Bonchev–Trinajstić information content (AvgIpc) is 3.55. The van der Waals surface area contributed by atoms with E-state index in [2.05, 4.69) is 88.1 Å². The summed E-state index contributed by atoms with van der Waals surface area (Å²) < 4.78 is 1.65. The number of carboxylic acid groups (broad SMARTS) is 1. The van der Waals surface area contributed by atoms with Gasteiger partial charge in [0.15, 0.2) is 5.82 Å². The molecule has 7 aromatic rings. The second-order valence-corrected chi connectivity index (χ2v) is 12.3. The molecule has 4 aromatic carbocycles. The van der Waals surface area contributed by atoms with Crippen LogP contribution >= 0.6 is 12.4 Å². The third-order valence-corrected chi connectivity index (χ3v) is 9.39. The fourth-order valence-electron chi connectivity index (χ4n) is 7.09. The third-order valence-electron chi connectivity index (χ3n) is 9.39. The van der Waals surface area contributed by atoms with Crippen molar-refractivity contribution < 1.29 is 9.90 Å². The normalized spacial score (nSPS) is 12.2. The molecule has 3 aromatic heterocycles. The average molecular weight is 679 g/mol. The molecule has 8 nitrogen and oxygen atoms in total. The van der Waals surface area contributed by atoms with Crippen molar-refractivity contribution in [3.63, 3.8) is 0 Å². The van der Waals surface area contributed by atoms with Gasteiger partial charge in [-0.05, 0) is 60.2 Å². The Morgan fingerprint density at radius 2 is 1.38 bits per heavy atom. The summed E-state index contributed by atoms with van der Waals surface area (Å²) in [5.41, 5.74) is 7.71. The number of hydrogen-bond acceptors (Lipinski definition) is 6. The predicted octanol–water partition coefficient (Wildman–Crippen LogP) is 7.75. The van der Waals surface area contributed by atoms with E-state index in [0.717, 1.165) is 44.3 Å². The molecule has 0 unspecified atom stereocenters. The van der Waals surface area contributed by atoms with Crippen LogP contribution in [0.25, 0.3) is 33.7 Å². The Labute approximate surface area is 296 Å². The second kappa shape index (κ2) is 14.0. The Morgan fingerprint density at radius 3 is 2.02 bits per heavy atom. The number of nitrogens with zero attached hydrogens (tertiary/aromatic N) is 5. The number of carboxylic acids is 1. The molecule has 9 heteroatoms. The van der Waals surface area contributed by atoms with Crippen LogP contribution in [-0.4, -0.2) is 42.4 Å². The van der Waals surface area contributed by atoms with Crippen molar-refractivity contribution in [1.29, 1.82) is 0 Å². The van der Waals surface area contributed by atoms with Crippen LogP contribution in [0.1, 0.15) is 44.7 Å².